The van der Waals surface area contributed by atoms with Crippen molar-refractivity contribution in [2.45, 2.75) is 19.8 Å². The Kier molecular flexibility index (Phi) is 7.72. The molecule has 0 saturated carbocycles. The smallest absolute Gasteiger partial charge is 0.266 e. The summed E-state index contributed by atoms with van der Waals surface area (Å²) in [5.41, 5.74) is 1.20. The average molecular weight is 385 g/mol. The quantitative estimate of drug-likeness (QED) is 0.391. The van der Waals surface area contributed by atoms with Crippen molar-refractivity contribution in [1.82, 2.24) is 0 Å². The number of unbranched alkanes of at least 4 members (excludes halogenated alkanes) is 1. The normalized spacial score (nSPS) is 10.8. The minimum Gasteiger partial charge on any atom is -0.493 e. The molecule has 5 nitrogen and oxygen atoms in total. The highest BCUT2D eigenvalue weighted by Crippen LogP contribution is 2.29. The lowest BCUT2D eigenvalue weighted by atomic mass is 10.1. The van der Waals surface area contributed by atoms with Crippen LogP contribution in [0.2, 0.25) is 5.02 Å². The Labute approximate surface area is 164 Å². The number of amides is 1. The zero-order valence-corrected chi connectivity index (χ0v) is 16.0. The van der Waals surface area contributed by atoms with E-state index >= 15 is 0 Å². The standard InChI is InChI=1S/C21H21ClN2O3/c1-3-4-11-27-19-10-5-15(13-20(19)26-2)12-16(14-23)21(25)24-18-8-6-17(22)7-9-18/h5-10,12-13H,3-4,11H2,1-2H3,(H,24,25). The maximum atomic E-state index is 12.3. The number of anilines is 1. The predicted molar refractivity (Wildman–Crippen MR) is 107 cm³/mol. The molecule has 0 unspecified atom stereocenters. The van der Waals surface area contributed by atoms with Gasteiger partial charge in [0.15, 0.2) is 11.5 Å². The van der Waals surface area contributed by atoms with Crippen molar-refractivity contribution in [2.75, 3.05) is 19.0 Å². The van der Waals surface area contributed by atoms with Crippen LogP contribution in [0.25, 0.3) is 6.08 Å². The molecule has 0 spiro atoms. The fourth-order valence-electron chi connectivity index (χ4n) is 2.27. The van der Waals surface area contributed by atoms with Gasteiger partial charge in [-0.15, -0.1) is 0 Å². The summed E-state index contributed by atoms with van der Waals surface area (Å²) < 4.78 is 11.0. The number of hydrogen-bond donors (Lipinski definition) is 1. The lowest BCUT2D eigenvalue weighted by molar-refractivity contribution is -0.112. The summed E-state index contributed by atoms with van der Waals surface area (Å²) in [7, 11) is 1.55. The number of benzene rings is 2. The number of nitriles is 1. The van der Waals surface area contributed by atoms with Gasteiger partial charge in [0, 0.05) is 10.7 Å². The Morgan fingerprint density at radius 2 is 1.96 bits per heavy atom. The topological polar surface area (TPSA) is 71.3 Å². The minimum atomic E-state index is -0.498. The number of ether oxygens (including phenoxy) is 2. The molecule has 0 fully saturated rings. The minimum absolute atomic E-state index is 0.0216. The molecular formula is C21H21ClN2O3. The molecule has 0 radical (unpaired) electrons. The van der Waals surface area contributed by atoms with Crippen molar-refractivity contribution in [2.24, 2.45) is 0 Å². The molecule has 0 atom stereocenters. The molecule has 1 N–H and O–H groups in total. The molecule has 0 saturated heterocycles. The molecule has 0 aromatic heterocycles. The van der Waals surface area contributed by atoms with Gasteiger partial charge in [0.25, 0.3) is 5.91 Å². The van der Waals surface area contributed by atoms with Gasteiger partial charge in [0.1, 0.15) is 11.6 Å². The van der Waals surface area contributed by atoms with Gasteiger partial charge in [-0.25, -0.2) is 0 Å². The summed E-state index contributed by atoms with van der Waals surface area (Å²) >= 11 is 5.83. The van der Waals surface area contributed by atoms with Crippen molar-refractivity contribution in [1.29, 1.82) is 5.26 Å². The molecule has 2 aromatic rings. The van der Waals surface area contributed by atoms with E-state index < -0.39 is 5.91 Å². The van der Waals surface area contributed by atoms with E-state index in [4.69, 9.17) is 21.1 Å². The molecule has 0 aliphatic carbocycles. The van der Waals surface area contributed by atoms with Gasteiger partial charge in [0.2, 0.25) is 0 Å². The third kappa shape index (κ3) is 6.05. The largest absolute Gasteiger partial charge is 0.493 e. The molecule has 0 heterocycles. The van der Waals surface area contributed by atoms with Gasteiger partial charge in [-0.3, -0.25) is 4.79 Å². The van der Waals surface area contributed by atoms with Crippen LogP contribution in [0.4, 0.5) is 5.69 Å². The van der Waals surface area contributed by atoms with Gasteiger partial charge < -0.3 is 14.8 Å². The summed E-state index contributed by atoms with van der Waals surface area (Å²) in [6.45, 7) is 2.70. The van der Waals surface area contributed by atoms with E-state index in [2.05, 4.69) is 12.2 Å². The third-order valence-electron chi connectivity index (χ3n) is 3.72. The zero-order valence-electron chi connectivity index (χ0n) is 15.3. The number of rotatable bonds is 8. The fraction of sp³-hybridized carbons (Fsp3) is 0.238. The van der Waals surface area contributed by atoms with Crippen LogP contribution in [0, 0.1) is 11.3 Å². The second kappa shape index (κ2) is 10.2. The highest BCUT2D eigenvalue weighted by Gasteiger charge is 2.11. The van der Waals surface area contributed by atoms with Crippen LogP contribution in [-0.4, -0.2) is 19.6 Å². The average Bonchev–Trinajstić information content (AvgIpc) is 2.68. The summed E-state index contributed by atoms with van der Waals surface area (Å²) in [5, 5.41) is 12.6. The maximum absolute atomic E-state index is 12.3. The molecular weight excluding hydrogens is 364 g/mol. The van der Waals surface area contributed by atoms with Crippen molar-refractivity contribution in [3.63, 3.8) is 0 Å². The first-order valence-corrected chi connectivity index (χ1v) is 8.94. The van der Waals surface area contributed by atoms with Gasteiger partial charge in [0.05, 0.1) is 13.7 Å². The Hall–Kier alpha value is -2.97. The second-order valence-electron chi connectivity index (χ2n) is 5.74. The molecule has 1 amide bonds. The van der Waals surface area contributed by atoms with E-state index in [9.17, 15) is 10.1 Å². The highest BCUT2D eigenvalue weighted by molar-refractivity contribution is 6.30. The van der Waals surface area contributed by atoms with Crippen LogP contribution in [0.5, 0.6) is 11.5 Å². The monoisotopic (exact) mass is 384 g/mol. The zero-order chi connectivity index (χ0) is 19.6. The van der Waals surface area contributed by atoms with Gasteiger partial charge in [-0.2, -0.15) is 5.26 Å². The second-order valence-corrected chi connectivity index (χ2v) is 6.18. The Morgan fingerprint density at radius 3 is 2.59 bits per heavy atom. The van der Waals surface area contributed by atoms with Gasteiger partial charge in [-0.1, -0.05) is 31.0 Å². The lowest BCUT2D eigenvalue weighted by Gasteiger charge is -2.11. The molecule has 0 aliphatic rings. The molecule has 27 heavy (non-hydrogen) atoms. The maximum Gasteiger partial charge on any atom is 0.266 e. The van der Waals surface area contributed by atoms with Gasteiger partial charge in [-0.05, 0) is 54.5 Å². The summed E-state index contributed by atoms with van der Waals surface area (Å²) in [6.07, 6.45) is 3.50. The predicted octanol–water partition coefficient (Wildman–Crippen LogP) is 5.07. The molecule has 6 heteroatoms. The van der Waals surface area contributed by atoms with Crippen LogP contribution < -0.4 is 14.8 Å². The number of methoxy groups -OCH3 is 1. The molecule has 140 valence electrons. The van der Waals surface area contributed by atoms with Crippen LogP contribution in [0.3, 0.4) is 0 Å². The summed E-state index contributed by atoms with van der Waals surface area (Å²) in [5.74, 6) is 0.685. The fourth-order valence-corrected chi connectivity index (χ4v) is 2.39. The van der Waals surface area contributed by atoms with Crippen molar-refractivity contribution in [3.05, 3.63) is 58.6 Å². The molecule has 2 rings (SSSR count). The Bertz CT molecular complexity index is 855. The van der Waals surface area contributed by atoms with Crippen LogP contribution >= 0.6 is 11.6 Å². The third-order valence-corrected chi connectivity index (χ3v) is 3.97. The number of carbonyl (C=O) groups excluding carboxylic acids is 1. The Morgan fingerprint density at radius 1 is 1.22 bits per heavy atom. The molecule has 2 aromatic carbocycles. The number of carbonyl (C=O) groups is 1. The van der Waals surface area contributed by atoms with E-state index in [0.717, 1.165) is 12.8 Å². The number of nitrogens with zero attached hydrogens (tertiary/aromatic N) is 1. The van der Waals surface area contributed by atoms with Crippen molar-refractivity contribution >= 4 is 29.3 Å². The first kappa shape index (κ1) is 20.3. The van der Waals surface area contributed by atoms with Crippen LogP contribution in [0.15, 0.2) is 48.0 Å². The van der Waals surface area contributed by atoms with Crippen LogP contribution in [0.1, 0.15) is 25.3 Å². The lowest BCUT2D eigenvalue weighted by Crippen LogP contribution is -2.13. The highest BCUT2D eigenvalue weighted by atomic mass is 35.5. The van der Waals surface area contributed by atoms with Crippen molar-refractivity contribution in [3.8, 4) is 17.6 Å². The number of nitrogens with one attached hydrogen (secondary N) is 1. The van der Waals surface area contributed by atoms with E-state index in [0.29, 0.717) is 34.4 Å². The summed E-state index contributed by atoms with van der Waals surface area (Å²) in [4.78, 5) is 12.3. The first-order valence-electron chi connectivity index (χ1n) is 8.57. The Balaban J connectivity index is 2.17. The number of hydrogen-bond acceptors (Lipinski definition) is 4. The van der Waals surface area contributed by atoms with Crippen LogP contribution in [-0.2, 0) is 4.79 Å². The van der Waals surface area contributed by atoms with E-state index in [1.54, 1.807) is 49.6 Å². The number of halogens is 1. The van der Waals surface area contributed by atoms with E-state index in [-0.39, 0.29) is 5.57 Å². The van der Waals surface area contributed by atoms with E-state index in [1.165, 1.54) is 6.08 Å². The first-order chi connectivity index (χ1) is 13.1. The summed E-state index contributed by atoms with van der Waals surface area (Å²) in [6, 6.07) is 13.9. The molecule has 0 bridgehead atoms. The van der Waals surface area contributed by atoms with E-state index in [1.807, 2.05) is 6.07 Å². The SMILES string of the molecule is CCCCOc1ccc(C=C(C#N)C(=O)Nc2ccc(Cl)cc2)cc1OC. The van der Waals surface area contributed by atoms with Crippen molar-refractivity contribution < 1.29 is 14.3 Å². The molecule has 0 aliphatic heterocycles. The van der Waals surface area contributed by atoms with Gasteiger partial charge >= 0.3 is 0 Å².